The molecule has 5 N–H and O–H groups in total. The Kier molecular flexibility index (Phi) is 16.0. The molecule has 4 aromatic rings. The van der Waals surface area contributed by atoms with Gasteiger partial charge in [-0.1, -0.05) is 119 Å². The number of nitrogens with one attached hydrogen (secondary N) is 4. The minimum Gasteiger partial charge on any atom is -0.445 e. The monoisotopic (exact) mass is 737 g/mol. The lowest BCUT2D eigenvalue weighted by atomic mass is 9.91. The highest BCUT2D eigenvalue weighted by molar-refractivity contribution is 5.87. The number of pyridine rings is 1. The molecule has 4 rings (SSSR count). The van der Waals surface area contributed by atoms with Gasteiger partial charge < -0.3 is 35.8 Å². The van der Waals surface area contributed by atoms with Crippen LogP contribution in [-0.2, 0) is 45.1 Å². The lowest BCUT2D eigenvalue weighted by Crippen LogP contribution is -2.61. The van der Waals surface area contributed by atoms with Crippen molar-refractivity contribution in [3.63, 3.8) is 0 Å². The van der Waals surface area contributed by atoms with Crippen LogP contribution in [0.1, 0.15) is 49.9 Å². The van der Waals surface area contributed by atoms with Crippen LogP contribution in [0, 0.1) is 11.8 Å². The van der Waals surface area contributed by atoms with Crippen LogP contribution >= 0.6 is 0 Å². The van der Waals surface area contributed by atoms with E-state index in [4.69, 9.17) is 9.47 Å². The maximum absolute atomic E-state index is 13.9. The number of carbonyl (C=O) groups excluding carboxylic acids is 4. The summed E-state index contributed by atoms with van der Waals surface area (Å²) >= 11 is 0. The number of aliphatic hydroxyl groups is 1. The lowest BCUT2D eigenvalue weighted by Gasteiger charge is -2.34. The maximum Gasteiger partial charge on any atom is 0.408 e. The quantitative estimate of drug-likeness (QED) is 0.0941. The molecular formula is C42H51N5O7. The second-order valence-electron chi connectivity index (χ2n) is 13.8. The first-order valence-electron chi connectivity index (χ1n) is 18.2. The van der Waals surface area contributed by atoms with Crippen LogP contribution in [0.15, 0.2) is 116 Å². The SMILES string of the molecule is CC(C)[C@H](NC(=O)OCc1ccccc1)C(=O)N[C@@H](Cc1ccccc1)C(O)[C@H](Cc1ccccc1)NC(=O)[C@@H](NC(=O)OCc1ccncc1)C(C)C. The van der Waals surface area contributed by atoms with E-state index in [9.17, 15) is 24.3 Å². The fourth-order valence-corrected chi connectivity index (χ4v) is 5.83. The van der Waals surface area contributed by atoms with Gasteiger partial charge in [0.2, 0.25) is 11.8 Å². The van der Waals surface area contributed by atoms with Crippen LogP contribution < -0.4 is 21.3 Å². The number of carbonyl (C=O) groups is 4. The molecule has 0 fully saturated rings. The molecule has 0 aliphatic rings. The van der Waals surface area contributed by atoms with E-state index in [2.05, 4.69) is 26.3 Å². The van der Waals surface area contributed by atoms with E-state index in [-0.39, 0.29) is 37.9 Å². The molecule has 0 radical (unpaired) electrons. The molecular weight excluding hydrogens is 686 g/mol. The largest absolute Gasteiger partial charge is 0.445 e. The van der Waals surface area contributed by atoms with E-state index in [0.717, 1.165) is 22.3 Å². The average molecular weight is 738 g/mol. The third kappa shape index (κ3) is 13.3. The predicted molar refractivity (Wildman–Crippen MR) is 205 cm³/mol. The van der Waals surface area contributed by atoms with Crippen molar-refractivity contribution in [2.24, 2.45) is 11.8 Å². The first-order valence-corrected chi connectivity index (χ1v) is 18.2. The Hall–Kier alpha value is -5.75. The summed E-state index contributed by atoms with van der Waals surface area (Å²) in [6, 6.07) is 27.5. The summed E-state index contributed by atoms with van der Waals surface area (Å²) in [6.07, 6.45) is 0.760. The summed E-state index contributed by atoms with van der Waals surface area (Å²) in [5.41, 5.74) is 3.21. The molecule has 3 aromatic carbocycles. The van der Waals surface area contributed by atoms with Crippen LogP contribution in [0.5, 0.6) is 0 Å². The van der Waals surface area contributed by atoms with E-state index in [0.29, 0.717) is 0 Å². The summed E-state index contributed by atoms with van der Waals surface area (Å²) in [4.78, 5) is 57.5. The van der Waals surface area contributed by atoms with Crippen molar-refractivity contribution >= 4 is 24.0 Å². The van der Waals surface area contributed by atoms with Crippen molar-refractivity contribution in [1.82, 2.24) is 26.3 Å². The number of aromatic nitrogens is 1. The molecule has 1 heterocycles. The molecule has 5 atom stereocenters. The second kappa shape index (κ2) is 21.1. The van der Waals surface area contributed by atoms with Crippen LogP contribution in [0.2, 0.25) is 0 Å². The summed E-state index contributed by atoms with van der Waals surface area (Å²) < 4.78 is 10.8. The molecule has 1 aromatic heterocycles. The normalized spacial score (nSPS) is 13.8. The fourth-order valence-electron chi connectivity index (χ4n) is 5.83. The zero-order chi connectivity index (χ0) is 38.9. The van der Waals surface area contributed by atoms with Crippen molar-refractivity contribution in [2.75, 3.05) is 0 Å². The molecule has 54 heavy (non-hydrogen) atoms. The Morgan fingerprint density at radius 3 is 1.26 bits per heavy atom. The second-order valence-corrected chi connectivity index (χ2v) is 13.8. The number of aliphatic hydroxyl groups excluding tert-OH is 1. The number of alkyl carbamates (subject to hydrolysis) is 2. The molecule has 286 valence electrons. The maximum atomic E-state index is 13.9. The summed E-state index contributed by atoms with van der Waals surface area (Å²) in [5.74, 6) is -1.73. The number of amides is 4. The molecule has 4 amide bonds. The van der Waals surface area contributed by atoms with Gasteiger partial charge in [0.1, 0.15) is 25.3 Å². The number of hydrogen-bond acceptors (Lipinski definition) is 8. The van der Waals surface area contributed by atoms with Crippen LogP contribution in [0.4, 0.5) is 9.59 Å². The minimum atomic E-state index is -1.32. The molecule has 0 aliphatic carbocycles. The highest BCUT2D eigenvalue weighted by Gasteiger charge is 2.35. The summed E-state index contributed by atoms with van der Waals surface area (Å²) in [7, 11) is 0. The molecule has 1 unspecified atom stereocenters. The predicted octanol–water partition coefficient (Wildman–Crippen LogP) is 5.10. The number of rotatable bonds is 18. The molecule has 0 saturated carbocycles. The van der Waals surface area contributed by atoms with E-state index in [1.807, 2.05) is 91.0 Å². The van der Waals surface area contributed by atoms with Gasteiger partial charge >= 0.3 is 12.2 Å². The number of ether oxygens (including phenoxy) is 2. The first kappa shape index (κ1) is 41.0. The van der Waals surface area contributed by atoms with Crippen molar-refractivity contribution in [3.05, 3.63) is 138 Å². The fraction of sp³-hybridized carbons (Fsp3) is 0.357. The van der Waals surface area contributed by atoms with Gasteiger partial charge in [0.05, 0.1) is 18.2 Å². The van der Waals surface area contributed by atoms with Crippen molar-refractivity contribution in [1.29, 1.82) is 0 Å². The zero-order valence-corrected chi connectivity index (χ0v) is 31.2. The minimum absolute atomic E-state index is 0.00598. The molecule has 12 nitrogen and oxygen atoms in total. The third-order valence-corrected chi connectivity index (χ3v) is 8.85. The van der Waals surface area contributed by atoms with Gasteiger partial charge in [-0.2, -0.15) is 0 Å². The Morgan fingerprint density at radius 1 is 0.537 bits per heavy atom. The van der Waals surface area contributed by atoms with Crippen molar-refractivity contribution in [3.8, 4) is 0 Å². The summed E-state index contributed by atoms with van der Waals surface area (Å²) in [5, 5.41) is 23.5. The lowest BCUT2D eigenvalue weighted by molar-refractivity contribution is -0.126. The highest BCUT2D eigenvalue weighted by Crippen LogP contribution is 2.16. The number of hydrogen-bond donors (Lipinski definition) is 5. The zero-order valence-electron chi connectivity index (χ0n) is 31.2. The van der Waals surface area contributed by atoms with E-state index in [1.54, 1.807) is 52.2 Å². The van der Waals surface area contributed by atoms with Crippen LogP contribution in [-0.4, -0.2) is 64.4 Å². The molecule has 0 aliphatic heterocycles. The Balaban J connectivity index is 1.54. The molecule has 0 saturated heterocycles. The Bertz CT molecular complexity index is 1620. The van der Waals surface area contributed by atoms with Crippen molar-refractivity contribution < 1.29 is 33.8 Å². The smallest absolute Gasteiger partial charge is 0.408 e. The highest BCUT2D eigenvalue weighted by atomic mass is 16.6. The van der Waals surface area contributed by atoms with Gasteiger partial charge in [-0.25, -0.2) is 9.59 Å². The van der Waals surface area contributed by atoms with E-state index in [1.165, 1.54) is 0 Å². The standard InChI is InChI=1S/C42H51N5O7/c1-28(2)36(46-41(51)53-26-32-18-12-7-13-19-32)39(49)44-34(24-30-14-8-5-9-15-30)38(48)35(25-31-16-10-6-11-17-31)45-40(50)37(29(3)4)47-42(52)54-27-33-20-22-43-23-21-33/h5-23,28-29,34-38,48H,24-27H2,1-4H3,(H,44,49)(H,45,50)(H,46,51)(H,47,52)/t34-,35-,36-,37-,38?/m0/s1. The van der Waals surface area contributed by atoms with Crippen LogP contribution in [0.3, 0.4) is 0 Å². The van der Waals surface area contributed by atoms with Gasteiger partial charge in [0, 0.05) is 12.4 Å². The average Bonchev–Trinajstić information content (AvgIpc) is 3.17. The van der Waals surface area contributed by atoms with Gasteiger partial charge in [-0.05, 0) is 59.1 Å². The van der Waals surface area contributed by atoms with Gasteiger partial charge in [0.15, 0.2) is 0 Å². The summed E-state index contributed by atoms with van der Waals surface area (Å²) in [6.45, 7) is 7.20. The van der Waals surface area contributed by atoms with Gasteiger partial charge in [-0.3, -0.25) is 14.6 Å². The molecule has 12 heteroatoms. The van der Waals surface area contributed by atoms with Crippen molar-refractivity contribution in [2.45, 2.75) is 84.0 Å². The first-order chi connectivity index (χ1) is 26.0. The van der Waals surface area contributed by atoms with E-state index < -0.39 is 54.3 Å². The van der Waals surface area contributed by atoms with E-state index >= 15 is 0 Å². The Labute approximate surface area is 317 Å². The number of benzene rings is 3. The Morgan fingerprint density at radius 2 is 0.889 bits per heavy atom. The molecule has 0 bridgehead atoms. The third-order valence-electron chi connectivity index (χ3n) is 8.85. The van der Waals surface area contributed by atoms with Gasteiger partial charge in [0.25, 0.3) is 0 Å². The topological polar surface area (TPSA) is 168 Å². The van der Waals surface area contributed by atoms with Crippen LogP contribution in [0.25, 0.3) is 0 Å². The molecule has 0 spiro atoms. The number of nitrogens with zero attached hydrogens (tertiary/aromatic N) is 1. The van der Waals surface area contributed by atoms with Gasteiger partial charge in [-0.15, -0.1) is 0 Å².